The van der Waals surface area contributed by atoms with Gasteiger partial charge in [-0.2, -0.15) is 0 Å². The van der Waals surface area contributed by atoms with E-state index in [1.807, 2.05) is 32.1 Å². The van der Waals surface area contributed by atoms with Crippen molar-refractivity contribution in [2.45, 2.75) is 26.7 Å². The number of amides is 2. The number of imide groups is 1. The lowest BCUT2D eigenvalue weighted by Gasteiger charge is -2.18. The number of anilines is 1. The first kappa shape index (κ1) is 18.2. The average molecular weight is 375 g/mol. The van der Waals surface area contributed by atoms with E-state index in [0.29, 0.717) is 29.8 Å². The number of benzene rings is 2. The number of carbonyl (C=O) groups is 3. The van der Waals surface area contributed by atoms with Crippen LogP contribution in [0.2, 0.25) is 0 Å². The second kappa shape index (κ2) is 7.08. The number of carbonyl (C=O) groups excluding carboxylic acids is 3. The van der Waals surface area contributed by atoms with Crippen LogP contribution < -0.4 is 9.64 Å². The lowest BCUT2D eigenvalue weighted by molar-refractivity contribution is -0.122. The number of esters is 1. The zero-order chi connectivity index (χ0) is 19.8. The Kier molecular flexibility index (Phi) is 4.59. The Morgan fingerprint density at radius 2 is 1.64 bits per heavy atom. The number of aryl methyl sites for hydroxylation is 1. The fraction of sp³-hybridized carbons (Fsp3) is 0.261. The number of rotatable bonds is 3. The molecule has 1 fully saturated rings. The van der Waals surface area contributed by atoms with Crippen LogP contribution in [-0.2, 0) is 9.59 Å². The summed E-state index contributed by atoms with van der Waals surface area (Å²) in [5, 5.41) is 0. The minimum Gasteiger partial charge on any atom is -0.423 e. The lowest BCUT2D eigenvalue weighted by atomic mass is 9.82. The molecule has 0 aromatic heterocycles. The van der Waals surface area contributed by atoms with E-state index in [1.54, 1.807) is 36.4 Å². The zero-order valence-corrected chi connectivity index (χ0v) is 15.8. The van der Waals surface area contributed by atoms with Gasteiger partial charge in [-0.1, -0.05) is 29.8 Å². The number of fused-ring (bicyclic) bond motifs is 1. The molecule has 0 bridgehead atoms. The largest absolute Gasteiger partial charge is 0.423 e. The number of nitrogens with zero attached hydrogens (tertiary/aromatic N) is 1. The minimum absolute atomic E-state index is 0.146. The van der Waals surface area contributed by atoms with Crippen molar-refractivity contribution in [1.29, 1.82) is 0 Å². The first-order valence-electron chi connectivity index (χ1n) is 9.37. The highest BCUT2D eigenvalue weighted by Gasteiger charge is 2.48. The van der Waals surface area contributed by atoms with E-state index in [0.717, 1.165) is 11.1 Å². The van der Waals surface area contributed by atoms with Crippen molar-refractivity contribution >= 4 is 23.5 Å². The van der Waals surface area contributed by atoms with Crippen LogP contribution in [0.3, 0.4) is 0 Å². The van der Waals surface area contributed by atoms with Crippen LogP contribution in [0.5, 0.6) is 5.75 Å². The number of allylic oxidation sites excluding steroid dienone is 2. The van der Waals surface area contributed by atoms with Gasteiger partial charge in [-0.3, -0.25) is 14.5 Å². The molecule has 2 aliphatic rings. The van der Waals surface area contributed by atoms with Crippen LogP contribution in [0.4, 0.5) is 5.69 Å². The van der Waals surface area contributed by atoms with E-state index in [-0.39, 0.29) is 23.7 Å². The molecule has 0 radical (unpaired) electrons. The van der Waals surface area contributed by atoms with Crippen molar-refractivity contribution in [1.82, 2.24) is 0 Å². The molecule has 0 saturated carbocycles. The number of hydrogen-bond acceptors (Lipinski definition) is 4. The molecule has 2 amide bonds. The highest BCUT2D eigenvalue weighted by atomic mass is 16.5. The molecule has 2 aromatic carbocycles. The monoisotopic (exact) mass is 375 g/mol. The molecule has 1 aliphatic heterocycles. The summed E-state index contributed by atoms with van der Waals surface area (Å²) < 4.78 is 5.43. The van der Waals surface area contributed by atoms with Crippen LogP contribution in [0.25, 0.3) is 0 Å². The highest BCUT2D eigenvalue weighted by molar-refractivity contribution is 6.22. The Bertz CT molecular complexity index is 990. The summed E-state index contributed by atoms with van der Waals surface area (Å²) in [5.41, 5.74) is 3.01. The molecular weight excluding hydrogens is 354 g/mol. The summed E-state index contributed by atoms with van der Waals surface area (Å²) in [4.78, 5) is 39.1. The normalized spacial score (nSPS) is 21.4. The van der Waals surface area contributed by atoms with Crippen molar-refractivity contribution in [2.75, 3.05) is 4.90 Å². The second-order valence-corrected chi connectivity index (χ2v) is 7.41. The first-order valence-corrected chi connectivity index (χ1v) is 9.37. The molecule has 5 heteroatoms. The van der Waals surface area contributed by atoms with E-state index in [1.165, 1.54) is 4.90 Å². The maximum Gasteiger partial charge on any atom is 0.343 e. The predicted molar refractivity (Wildman–Crippen MR) is 105 cm³/mol. The van der Waals surface area contributed by atoms with Gasteiger partial charge in [0.05, 0.1) is 23.1 Å². The Hall–Kier alpha value is -3.21. The van der Waals surface area contributed by atoms with E-state index in [9.17, 15) is 14.4 Å². The Labute approximate surface area is 163 Å². The fourth-order valence-electron chi connectivity index (χ4n) is 3.92. The molecule has 4 rings (SSSR count). The summed E-state index contributed by atoms with van der Waals surface area (Å²) in [6, 6.07) is 13.7. The molecule has 28 heavy (non-hydrogen) atoms. The molecule has 2 aromatic rings. The van der Waals surface area contributed by atoms with Crippen LogP contribution in [0, 0.1) is 18.8 Å². The summed E-state index contributed by atoms with van der Waals surface area (Å²) in [5.74, 6) is -0.904. The lowest BCUT2D eigenvalue weighted by Crippen LogP contribution is -2.30. The van der Waals surface area contributed by atoms with Gasteiger partial charge in [-0.05, 0) is 62.6 Å². The van der Waals surface area contributed by atoms with E-state index in [2.05, 4.69) is 0 Å². The van der Waals surface area contributed by atoms with Gasteiger partial charge < -0.3 is 4.74 Å². The number of ether oxygens (including phenoxy) is 1. The van der Waals surface area contributed by atoms with Crippen molar-refractivity contribution < 1.29 is 19.1 Å². The molecule has 2 unspecified atom stereocenters. The summed E-state index contributed by atoms with van der Waals surface area (Å²) in [7, 11) is 0. The van der Waals surface area contributed by atoms with Crippen molar-refractivity contribution in [3.05, 3.63) is 71.3 Å². The Morgan fingerprint density at radius 1 is 0.964 bits per heavy atom. The van der Waals surface area contributed by atoms with E-state index in [4.69, 9.17) is 4.74 Å². The van der Waals surface area contributed by atoms with Gasteiger partial charge >= 0.3 is 5.97 Å². The topological polar surface area (TPSA) is 63.7 Å². The van der Waals surface area contributed by atoms with Gasteiger partial charge in [0, 0.05) is 0 Å². The van der Waals surface area contributed by atoms with Crippen LogP contribution in [0.15, 0.2) is 60.2 Å². The maximum absolute atomic E-state index is 12.8. The van der Waals surface area contributed by atoms with Crippen molar-refractivity contribution in [3.8, 4) is 5.75 Å². The molecule has 142 valence electrons. The Balaban J connectivity index is 1.51. The molecular formula is C23H21NO4. The zero-order valence-electron chi connectivity index (χ0n) is 15.8. The molecule has 1 aliphatic carbocycles. The SMILES string of the molecule is CC1=CCC2C(=O)N(c3ccc(OC(=O)c4ccccc4C)cc3)C(=O)C2C1. The van der Waals surface area contributed by atoms with Gasteiger partial charge in [0.2, 0.25) is 11.8 Å². The predicted octanol–water partition coefficient (Wildman–Crippen LogP) is 4.06. The quantitative estimate of drug-likeness (QED) is 0.351. The third kappa shape index (κ3) is 3.13. The van der Waals surface area contributed by atoms with E-state index >= 15 is 0 Å². The van der Waals surface area contributed by atoms with Gasteiger partial charge in [0.1, 0.15) is 5.75 Å². The van der Waals surface area contributed by atoms with Gasteiger partial charge in [-0.25, -0.2) is 4.79 Å². The van der Waals surface area contributed by atoms with Crippen LogP contribution in [0.1, 0.15) is 35.7 Å². The van der Waals surface area contributed by atoms with Gasteiger partial charge in [0.25, 0.3) is 0 Å². The summed E-state index contributed by atoms with van der Waals surface area (Å²) >= 11 is 0. The Morgan fingerprint density at radius 3 is 2.36 bits per heavy atom. The third-order valence-electron chi connectivity index (χ3n) is 5.49. The third-order valence-corrected chi connectivity index (χ3v) is 5.49. The molecule has 0 N–H and O–H groups in total. The highest BCUT2D eigenvalue weighted by Crippen LogP contribution is 2.40. The number of hydrogen-bond donors (Lipinski definition) is 0. The van der Waals surface area contributed by atoms with Crippen molar-refractivity contribution in [2.24, 2.45) is 11.8 Å². The molecule has 0 spiro atoms. The standard InChI is InChI=1S/C23H21NO4/c1-14-7-12-19-20(13-14)22(26)24(21(19)25)16-8-10-17(11-9-16)28-23(27)18-6-4-3-5-15(18)2/h3-11,19-20H,12-13H2,1-2H3. The fourth-order valence-corrected chi connectivity index (χ4v) is 3.92. The smallest absolute Gasteiger partial charge is 0.343 e. The van der Waals surface area contributed by atoms with Crippen LogP contribution in [-0.4, -0.2) is 17.8 Å². The maximum atomic E-state index is 12.8. The minimum atomic E-state index is -0.438. The van der Waals surface area contributed by atoms with Crippen molar-refractivity contribution in [3.63, 3.8) is 0 Å². The molecule has 1 heterocycles. The van der Waals surface area contributed by atoms with E-state index < -0.39 is 5.97 Å². The summed E-state index contributed by atoms with van der Waals surface area (Å²) in [6.45, 7) is 3.84. The molecule has 5 nitrogen and oxygen atoms in total. The van der Waals surface area contributed by atoms with Gasteiger partial charge in [-0.15, -0.1) is 0 Å². The molecule has 1 saturated heterocycles. The first-order chi connectivity index (χ1) is 13.5. The molecule has 2 atom stereocenters. The summed E-state index contributed by atoms with van der Waals surface area (Å²) in [6.07, 6.45) is 3.30. The van der Waals surface area contributed by atoms with Gasteiger partial charge in [0.15, 0.2) is 0 Å². The average Bonchev–Trinajstić information content (AvgIpc) is 2.93. The second-order valence-electron chi connectivity index (χ2n) is 7.41. The van der Waals surface area contributed by atoms with Crippen LogP contribution >= 0.6 is 0 Å².